The Bertz CT molecular complexity index is 330. The van der Waals surface area contributed by atoms with Crippen molar-refractivity contribution < 1.29 is 0 Å². The van der Waals surface area contributed by atoms with Crippen LogP contribution in [0.5, 0.6) is 0 Å². The topological polar surface area (TPSA) is 28.2 Å². The van der Waals surface area contributed by atoms with Gasteiger partial charge < -0.3 is 10.2 Å². The zero-order chi connectivity index (χ0) is 11.4. The largest absolute Gasteiger partial charge is 0.354 e. The normalized spacial score (nSPS) is 16.8. The Morgan fingerprint density at radius 1 is 1.38 bits per heavy atom. The molecule has 0 unspecified atom stereocenters. The van der Waals surface area contributed by atoms with Gasteiger partial charge in [0.05, 0.1) is 0 Å². The van der Waals surface area contributed by atoms with Crippen LogP contribution in [0.4, 0.5) is 5.82 Å². The monoisotopic (exact) mass is 219 g/mol. The molecule has 0 amide bonds. The van der Waals surface area contributed by atoms with Gasteiger partial charge in [-0.1, -0.05) is 19.9 Å². The maximum absolute atomic E-state index is 4.55. The maximum Gasteiger partial charge on any atom is 0.131 e. The highest BCUT2D eigenvalue weighted by molar-refractivity contribution is 5.47. The fraction of sp³-hybridized carbons (Fsp3) is 0.615. The van der Waals surface area contributed by atoms with Crippen molar-refractivity contribution in [1.82, 2.24) is 10.3 Å². The number of pyridine rings is 1. The SMILES string of the molecule is CC(C)Cc1cccnc1N1CCNCC1. The molecule has 1 aromatic rings. The lowest BCUT2D eigenvalue weighted by Crippen LogP contribution is -2.44. The van der Waals surface area contributed by atoms with E-state index in [1.165, 1.54) is 11.4 Å². The van der Waals surface area contributed by atoms with E-state index >= 15 is 0 Å². The highest BCUT2D eigenvalue weighted by Crippen LogP contribution is 2.20. The molecular weight excluding hydrogens is 198 g/mol. The molecule has 0 spiro atoms. The van der Waals surface area contributed by atoms with Crippen molar-refractivity contribution in [3.8, 4) is 0 Å². The number of anilines is 1. The lowest BCUT2D eigenvalue weighted by Gasteiger charge is -2.30. The van der Waals surface area contributed by atoms with E-state index in [2.05, 4.69) is 35.1 Å². The Balaban J connectivity index is 2.17. The molecular formula is C13H21N3. The third-order valence-electron chi connectivity index (χ3n) is 2.91. The third kappa shape index (κ3) is 2.73. The Morgan fingerprint density at radius 2 is 2.12 bits per heavy atom. The van der Waals surface area contributed by atoms with Crippen molar-refractivity contribution in [3.05, 3.63) is 23.9 Å². The van der Waals surface area contributed by atoms with Gasteiger partial charge in [0.1, 0.15) is 5.82 Å². The van der Waals surface area contributed by atoms with Crippen LogP contribution in [0.3, 0.4) is 0 Å². The second-order valence-electron chi connectivity index (χ2n) is 4.82. The molecule has 0 radical (unpaired) electrons. The smallest absolute Gasteiger partial charge is 0.131 e. The highest BCUT2D eigenvalue weighted by Gasteiger charge is 2.15. The quantitative estimate of drug-likeness (QED) is 0.838. The van der Waals surface area contributed by atoms with Gasteiger partial charge >= 0.3 is 0 Å². The number of hydrogen-bond donors (Lipinski definition) is 1. The van der Waals surface area contributed by atoms with E-state index in [1.54, 1.807) is 0 Å². The Morgan fingerprint density at radius 3 is 2.81 bits per heavy atom. The molecule has 3 heteroatoms. The predicted molar refractivity (Wildman–Crippen MR) is 67.9 cm³/mol. The maximum atomic E-state index is 4.55. The molecule has 0 saturated carbocycles. The van der Waals surface area contributed by atoms with E-state index in [4.69, 9.17) is 0 Å². The third-order valence-corrected chi connectivity index (χ3v) is 2.91. The van der Waals surface area contributed by atoms with Gasteiger partial charge in [0.15, 0.2) is 0 Å². The molecule has 1 aliphatic heterocycles. The molecule has 88 valence electrons. The van der Waals surface area contributed by atoms with Gasteiger partial charge in [0.2, 0.25) is 0 Å². The minimum absolute atomic E-state index is 0.686. The van der Waals surface area contributed by atoms with Crippen molar-refractivity contribution in [3.63, 3.8) is 0 Å². The van der Waals surface area contributed by atoms with Crippen LogP contribution >= 0.6 is 0 Å². The summed E-state index contributed by atoms with van der Waals surface area (Å²) in [6.07, 6.45) is 3.02. The lowest BCUT2D eigenvalue weighted by atomic mass is 10.0. The van der Waals surface area contributed by atoms with Crippen LogP contribution < -0.4 is 10.2 Å². The first-order valence-electron chi connectivity index (χ1n) is 6.17. The van der Waals surface area contributed by atoms with Gasteiger partial charge in [-0.15, -0.1) is 0 Å². The minimum atomic E-state index is 0.686. The van der Waals surface area contributed by atoms with E-state index in [0.717, 1.165) is 32.6 Å². The molecule has 1 aromatic heterocycles. The first-order valence-corrected chi connectivity index (χ1v) is 6.17. The fourth-order valence-electron chi connectivity index (χ4n) is 2.19. The number of piperazine rings is 1. The molecule has 0 aromatic carbocycles. The first-order chi connectivity index (χ1) is 7.77. The van der Waals surface area contributed by atoms with Gasteiger partial charge in [0.25, 0.3) is 0 Å². The van der Waals surface area contributed by atoms with Gasteiger partial charge in [0, 0.05) is 32.4 Å². The van der Waals surface area contributed by atoms with Crippen molar-refractivity contribution in [1.29, 1.82) is 0 Å². The highest BCUT2D eigenvalue weighted by atomic mass is 15.2. The molecule has 1 aliphatic rings. The van der Waals surface area contributed by atoms with Gasteiger partial charge in [-0.05, 0) is 24.0 Å². The molecule has 0 aliphatic carbocycles. The second-order valence-corrected chi connectivity index (χ2v) is 4.82. The summed E-state index contributed by atoms with van der Waals surface area (Å²) in [5.74, 6) is 1.88. The molecule has 1 N–H and O–H groups in total. The molecule has 1 saturated heterocycles. The van der Waals surface area contributed by atoms with Gasteiger partial charge in [-0.25, -0.2) is 4.98 Å². The Hall–Kier alpha value is -1.09. The molecule has 16 heavy (non-hydrogen) atoms. The standard InChI is InChI=1S/C13H21N3/c1-11(2)10-12-4-3-5-15-13(12)16-8-6-14-7-9-16/h3-5,11,14H,6-10H2,1-2H3. The van der Waals surface area contributed by atoms with Crippen LogP contribution in [-0.2, 0) is 6.42 Å². The predicted octanol–water partition coefficient (Wildman–Crippen LogP) is 1.69. The van der Waals surface area contributed by atoms with Crippen LogP contribution in [0.1, 0.15) is 19.4 Å². The van der Waals surface area contributed by atoms with Crippen molar-refractivity contribution in [2.75, 3.05) is 31.1 Å². The van der Waals surface area contributed by atoms with Gasteiger partial charge in [-0.3, -0.25) is 0 Å². The minimum Gasteiger partial charge on any atom is -0.354 e. The molecule has 1 fully saturated rings. The molecule has 2 rings (SSSR count). The summed E-state index contributed by atoms with van der Waals surface area (Å²) in [7, 11) is 0. The van der Waals surface area contributed by atoms with Crippen molar-refractivity contribution in [2.24, 2.45) is 5.92 Å². The summed E-state index contributed by atoms with van der Waals surface area (Å²) >= 11 is 0. The van der Waals surface area contributed by atoms with E-state index in [1.807, 2.05) is 12.3 Å². The number of nitrogens with one attached hydrogen (secondary N) is 1. The van der Waals surface area contributed by atoms with Crippen molar-refractivity contribution >= 4 is 5.82 Å². The number of nitrogens with zero attached hydrogens (tertiary/aromatic N) is 2. The summed E-state index contributed by atoms with van der Waals surface area (Å²) in [5.41, 5.74) is 1.39. The summed E-state index contributed by atoms with van der Waals surface area (Å²) in [5, 5.41) is 3.38. The van der Waals surface area contributed by atoms with E-state index in [0.29, 0.717) is 5.92 Å². The molecule has 0 bridgehead atoms. The Kier molecular flexibility index (Phi) is 3.78. The molecule has 3 nitrogen and oxygen atoms in total. The van der Waals surface area contributed by atoms with Crippen LogP contribution in [0, 0.1) is 5.92 Å². The van der Waals surface area contributed by atoms with E-state index < -0.39 is 0 Å². The average molecular weight is 219 g/mol. The summed E-state index contributed by atoms with van der Waals surface area (Å²) < 4.78 is 0. The number of hydrogen-bond acceptors (Lipinski definition) is 3. The summed E-state index contributed by atoms with van der Waals surface area (Å²) in [4.78, 5) is 6.95. The zero-order valence-electron chi connectivity index (χ0n) is 10.2. The van der Waals surface area contributed by atoms with Crippen LogP contribution in [0.2, 0.25) is 0 Å². The lowest BCUT2D eigenvalue weighted by molar-refractivity contribution is 0.578. The second kappa shape index (κ2) is 5.30. The molecule has 2 heterocycles. The van der Waals surface area contributed by atoms with Crippen LogP contribution in [0.25, 0.3) is 0 Å². The molecule has 0 atom stereocenters. The average Bonchev–Trinajstić information content (AvgIpc) is 2.30. The van der Waals surface area contributed by atoms with Gasteiger partial charge in [-0.2, -0.15) is 0 Å². The van der Waals surface area contributed by atoms with Crippen LogP contribution in [0.15, 0.2) is 18.3 Å². The van der Waals surface area contributed by atoms with E-state index in [9.17, 15) is 0 Å². The van der Waals surface area contributed by atoms with Crippen molar-refractivity contribution in [2.45, 2.75) is 20.3 Å². The number of aromatic nitrogens is 1. The summed E-state index contributed by atoms with van der Waals surface area (Å²) in [6.45, 7) is 8.79. The fourth-order valence-corrected chi connectivity index (χ4v) is 2.19. The first kappa shape index (κ1) is 11.4. The Labute approximate surface area is 97.9 Å². The van der Waals surface area contributed by atoms with Crippen LogP contribution in [-0.4, -0.2) is 31.2 Å². The summed E-state index contributed by atoms with van der Waals surface area (Å²) in [6, 6.07) is 4.26. The van der Waals surface area contributed by atoms with E-state index in [-0.39, 0.29) is 0 Å². The number of rotatable bonds is 3. The zero-order valence-corrected chi connectivity index (χ0v) is 10.2.